The minimum absolute atomic E-state index is 0.00577. The fourth-order valence-electron chi connectivity index (χ4n) is 3.55. The Balaban J connectivity index is 1.79. The van der Waals surface area contributed by atoms with Crippen molar-refractivity contribution < 1.29 is 14.6 Å². The summed E-state index contributed by atoms with van der Waals surface area (Å²) in [4.78, 5) is 40.2. The third kappa shape index (κ3) is 4.13. The lowest BCUT2D eigenvalue weighted by atomic mass is 10.0. The van der Waals surface area contributed by atoms with E-state index in [1.807, 2.05) is 6.07 Å². The number of amides is 1. The van der Waals surface area contributed by atoms with Crippen LogP contribution >= 0.6 is 0 Å². The first kappa shape index (κ1) is 19.0. The number of nitrogens with zero attached hydrogens (tertiary/aromatic N) is 2. The number of fused-ring (bicyclic) bond motifs is 1. The highest BCUT2D eigenvalue weighted by Crippen LogP contribution is 2.22. The van der Waals surface area contributed by atoms with E-state index in [0.29, 0.717) is 23.1 Å². The minimum atomic E-state index is -0.985. The average Bonchev–Trinajstić information content (AvgIpc) is 2.64. The van der Waals surface area contributed by atoms with Crippen LogP contribution in [-0.2, 0) is 13.5 Å². The molecule has 0 unspecified atom stereocenters. The molecule has 0 bridgehead atoms. The average molecular weight is 376 g/mol. The number of nitrogens with one attached hydrogen (secondary N) is 2. The van der Waals surface area contributed by atoms with E-state index < -0.39 is 11.8 Å². The number of rotatable bonds is 5. The number of carboxylic acid groups (broad SMARTS) is 1. The lowest BCUT2D eigenvalue weighted by Gasteiger charge is -2.31. The highest BCUT2D eigenvalue weighted by Gasteiger charge is 2.21. The van der Waals surface area contributed by atoms with Gasteiger partial charge in [0.25, 0.3) is 5.56 Å². The molecule has 9 heteroatoms. The smallest absolute Gasteiger partial charge is 0.404 e. The highest BCUT2D eigenvalue weighted by molar-refractivity contribution is 5.82. The molecule has 1 aromatic carbocycles. The number of aromatic amines is 1. The van der Waals surface area contributed by atoms with Crippen LogP contribution in [0.1, 0.15) is 18.4 Å². The Morgan fingerprint density at radius 1 is 1.33 bits per heavy atom. The fourth-order valence-corrected chi connectivity index (χ4v) is 3.55. The van der Waals surface area contributed by atoms with Gasteiger partial charge in [-0.3, -0.25) is 9.36 Å². The van der Waals surface area contributed by atoms with Crippen molar-refractivity contribution >= 4 is 17.0 Å². The predicted octanol–water partition coefficient (Wildman–Crippen LogP) is 0.510. The second-order valence-corrected chi connectivity index (χ2v) is 6.82. The van der Waals surface area contributed by atoms with Crippen molar-refractivity contribution in [1.82, 2.24) is 19.8 Å². The summed E-state index contributed by atoms with van der Waals surface area (Å²) in [5, 5.41) is 11.8. The Hall–Kier alpha value is -2.81. The summed E-state index contributed by atoms with van der Waals surface area (Å²) in [6.45, 7) is 2.33. The van der Waals surface area contributed by atoms with Crippen LogP contribution in [0.2, 0.25) is 0 Å². The molecule has 3 rings (SSSR count). The molecular formula is C18H24N4O5. The molecule has 1 aliphatic rings. The minimum Gasteiger partial charge on any atom is -0.497 e. The van der Waals surface area contributed by atoms with Crippen LogP contribution in [0.25, 0.3) is 10.9 Å². The van der Waals surface area contributed by atoms with Gasteiger partial charge in [-0.05, 0) is 30.9 Å². The lowest BCUT2D eigenvalue weighted by molar-refractivity contribution is 0.169. The molecular weight excluding hydrogens is 352 g/mol. The molecule has 1 amide bonds. The summed E-state index contributed by atoms with van der Waals surface area (Å²) in [5.74, 6) is 0.589. The van der Waals surface area contributed by atoms with Crippen LogP contribution in [0.3, 0.4) is 0 Å². The summed E-state index contributed by atoms with van der Waals surface area (Å²) in [7, 11) is 3.00. The van der Waals surface area contributed by atoms with E-state index in [-0.39, 0.29) is 11.6 Å². The van der Waals surface area contributed by atoms with E-state index in [2.05, 4.69) is 15.2 Å². The Morgan fingerprint density at radius 3 is 2.67 bits per heavy atom. The van der Waals surface area contributed by atoms with Crippen molar-refractivity contribution in [2.24, 2.45) is 7.05 Å². The van der Waals surface area contributed by atoms with Crippen molar-refractivity contribution in [3.63, 3.8) is 0 Å². The number of H-pyrrole nitrogens is 1. The standard InChI is InChI=1S/C18H24N4O5/c1-21-16(23)15-11(9-13(27-2)10-14(15)20-17(21)24)3-6-22-7-4-12(5-8-22)19-18(25)26/h9-10,12,19H,3-8H2,1-2H3,(H,20,24)(H,25,26). The van der Waals surface area contributed by atoms with E-state index in [9.17, 15) is 14.4 Å². The number of benzene rings is 1. The normalized spacial score (nSPS) is 15.8. The van der Waals surface area contributed by atoms with Gasteiger partial charge in [0.05, 0.1) is 18.0 Å². The number of hydrogen-bond acceptors (Lipinski definition) is 5. The third-order valence-corrected chi connectivity index (χ3v) is 5.11. The molecule has 9 nitrogen and oxygen atoms in total. The number of likely N-dealkylation sites (tertiary alicyclic amines) is 1. The third-order valence-electron chi connectivity index (χ3n) is 5.11. The summed E-state index contributed by atoms with van der Waals surface area (Å²) in [6.07, 6.45) is 1.17. The Morgan fingerprint density at radius 2 is 2.04 bits per heavy atom. The van der Waals surface area contributed by atoms with Crippen molar-refractivity contribution in [3.8, 4) is 5.75 Å². The zero-order chi connectivity index (χ0) is 19.6. The van der Waals surface area contributed by atoms with Crippen LogP contribution in [0.4, 0.5) is 4.79 Å². The number of piperidine rings is 1. The number of methoxy groups -OCH3 is 1. The predicted molar refractivity (Wildman–Crippen MR) is 101 cm³/mol. The van der Waals surface area contributed by atoms with Gasteiger partial charge >= 0.3 is 11.8 Å². The summed E-state index contributed by atoms with van der Waals surface area (Å²) in [5.41, 5.74) is 0.518. The topological polar surface area (TPSA) is 117 Å². The first-order chi connectivity index (χ1) is 12.9. The van der Waals surface area contributed by atoms with Gasteiger partial charge in [0.2, 0.25) is 0 Å². The van der Waals surface area contributed by atoms with Crippen molar-refractivity contribution in [2.45, 2.75) is 25.3 Å². The lowest BCUT2D eigenvalue weighted by Crippen LogP contribution is -2.44. The van der Waals surface area contributed by atoms with Gasteiger partial charge in [0.15, 0.2) is 0 Å². The van der Waals surface area contributed by atoms with Gasteiger partial charge < -0.3 is 25.0 Å². The molecule has 2 heterocycles. The van der Waals surface area contributed by atoms with E-state index in [1.54, 1.807) is 13.2 Å². The molecule has 1 fully saturated rings. The van der Waals surface area contributed by atoms with Crippen molar-refractivity contribution in [2.75, 3.05) is 26.7 Å². The van der Waals surface area contributed by atoms with Crippen LogP contribution in [0, 0.1) is 0 Å². The van der Waals surface area contributed by atoms with Gasteiger partial charge in [-0.1, -0.05) is 0 Å². The maximum atomic E-state index is 12.6. The first-order valence-corrected chi connectivity index (χ1v) is 8.90. The number of aromatic nitrogens is 2. The molecule has 1 saturated heterocycles. The van der Waals surface area contributed by atoms with Gasteiger partial charge in [0, 0.05) is 38.8 Å². The van der Waals surface area contributed by atoms with Crippen LogP contribution < -0.4 is 21.3 Å². The van der Waals surface area contributed by atoms with E-state index >= 15 is 0 Å². The molecule has 0 spiro atoms. The molecule has 146 valence electrons. The summed E-state index contributed by atoms with van der Waals surface area (Å²) >= 11 is 0. The molecule has 0 radical (unpaired) electrons. The van der Waals surface area contributed by atoms with Gasteiger partial charge in [-0.25, -0.2) is 9.59 Å². The van der Waals surface area contributed by atoms with Crippen molar-refractivity contribution in [3.05, 3.63) is 38.5 Å². The molecule has 2 aromatic rings. The van der Waals surface area contributed by atoms with Crippen LogP contribution in [-0.4, -0.2) is 58.4 Å². The van der Waals surface area contributed by atoms with E-state index in [1.165, 1.54) is 7.05 Å². The molecule has 0 saturated carbocycles. The SMILES string of the molecule is COc1cc(CCN2CCC(NC(=O)O)CC2)c2c(=O)n(C)c(=O)[nH]c2c1. The van der Waals surface area contributed by atoms with Crippen molar-refractivity contribution in [1.29, 1.82) is 0 Å². The maximum Gasteiger partial charge on any atom is 0.404 e. The van der Waals surface area contributed by atoms with E-state index in [4.69, 9.17) is 9.84 Å². The van der Waals surface area contributed by atoms with E-state index in [0.717, 1.165) is 42.6 Å². The second kappa shape index (κ2) is 7.83. The van der Waals surface area contributed by atoms with Gasteiger partial charge in [-0.2, -0.15) is 0 Å². The largest absolute Gasteiger partial charge is 0.497 e. The zero-order valence-electron chi connectivity index (χ0n) is 15.4. The number of carbonyl (C=O) groups is 1. The Labute approximate surface area is 155 Å². The molecule has 0 atom stereocenters. The molecule has 0 aliphatic carbocycles. The zero-order valence-corrected chi connectivity index (χ0v) is 15.4. The van der Waals surface area contributed by atoms with Gasteiger partial charge in [0.1, 0.15) is 5.75 Å². The summed E-state index contributed by atoms with van der Waals surface area (Å²) < 4.78 is 6.38. The summed E-state index contributed by atoms with van der Waals surface area (Å²) in [6, 6.07) is 3.49. The quantitative estimate of drug-likeness (QED) is 0.700. The molecule has 1 aromatic heterocycles. The van der Waals surface area contributed by atoms with Gasteiger partial charge in [-0.15, -0.1) is 0 Å². The monoisotopic (exact) mass is 376 g/mol. The Bertz CT molecular complexity index is 957. The molecule has 27 heavy (non-hydrogen) atoms. The van der Waals surface area contributed by atoms with Crippen LogP contribution in [0.5, 0.6) is 5.75 Å². The first-order valence-electron chi connectivity index (χ1n) is 8.90. The maximum absolute atomic E-state index is 12.6. The number of ether oxygens (including phenoxy) is 1. The van der Waals surface area contributed by atoms with Crippen LogP contribution in [0.15, 0.2) is 21.7 Å². The fraction of sp³-hybridized carbons (Fsp3) is 0.500. The molecule has 1 aliphatic heterocycles. The molecule has 3 N–H and O–H groups in total. The highest BCUT2D eigenvalue weighted by atomic mass is 16.5. The number of hydrogen-bond donors (Lipinski definition) is 3. The second-order valence-electron chi connectivity index (χ2n) is 6.82. The Kier molecular flexibility index (Phi) is 5.50.